The van der Waals surface area contributed by atoms with Crippen molar-refractivity contribution in [3.63, 3.8) is 0 Å². The van der Waals surface area contributed by atoms with E-state index in [9.17, 15) is 10.2 Å². The summed E-state index contributed by atoms with van der Waals surface area (Å²) in [6, 6.07) is 15.1. The molecule has 24 heavy (non-hydrogen) atoms. The fraction of sp³-hybridized carbons (Fsp3) is 0.429. The molecule has 0 aromatic heterocycles. The first-order chi connectivity index (χ1) is 11.7. The van der Waals surface area contributed by atoms with Crippen molar-refractivity contribution >= 4 is 0 Å². The second kappa shape index (κ2) is 9.99. The molecule has 0 atom stereocenters. The molecule has 0 saturated carbocycles. The second-order valence-electron chi connectivity index (χ2n) is 6.39. The van der Waals surface area contributed by atoms with Crippen LogP contribution >= 0.6 is 0 Å². The van der Waals surface area contributed by atoms with Crippen LogP contribution in [0.15, 0.2) is 48.5 Å². The smallest absolute Gasteiger partial charge is 0.115 e. The molecule has 130 valence electrons. The number of hydrogen-bond acceptors (Lipinski definition) is 3. The second-order valence-corrected chi connectivity index (χ2v) is 6.39. The van der Waals surface area contributed by atoms with Gasteiger partial charge in [-0.25, -0.2) is 0 Å². The minimum atomic E-state index is 0.338. The van der Waals surface area contributed by atoms with Crippen LogP contribution in [0.1, 0.15) is 37.3 Å². The lowest BCUT2D eigenvalue weighted by atomic mass is 10.1. The number of rotatable bonds is 10. The third-order valence-electron chi connectivity index (χ3n) is 4.33. The van der Waals surface area contributed by atoms with Crippen LogP contribution in [-0.2, 0) is 12.8 Å². The third kappa shape index (κ3) is 6.63. The average Bonchev–Trinajstić information content (AvgIpc) is 2.57. The Morgan fingerprint density at radius 2 is 1.29 bits per heavy atom. The van der Waals surface area contributed by atoms with Crippen molar-refractivity contribution < 1.29 is 10.2 Å². The Morgan fingerprint density at radius 1 is 0.750 bits per heavy atom. The summed E-state index contributed by atoms with van der Waals surface area (Å²) in [5, 5.41) is 19.2. The minimum absolute atomic E-state index is 0.338. The molecule has 0 aliphatic carbocycles. The normalized spacial score (nSPS) is 11.1. The van der Waals surface area contributed by atoms with Crippen molar-refractivity contribution in [1.29, 1.82) is 0 Å². The van der Waals surface area contributed by atoms with Gasteiger partial charge in [0.1, 0.15) is 11.5 Å². The van der Waals surface area contributed by atoms with Gasteiger partial charge in [0.25, 0.3) is 0 Å². The molecule has 2 rings (SSSR count). The Hall–Kier alpha value is -2.00. The highest BCUT2D eigenvalue weighted by Gasteiger charge is 2.07. The monoisotopic (exact) mass is 327 g/mol. The maximum absolute atomic E-state index is 9.59. The average molecular weight is 327 g/mol. The molecule has 0 aliphatic rings. The van der Waals surface area contributed by atoms with E-state index in [1.807, 2.05) is 24.3 Å². The Labute approximate surface area is 145 Å². The summed E-state index contributed by atoms with van der Waals surface area (Å²) in [7, 11) is 0. The highest BCUT2D eigenvalue weighted by atomic mass is 16.3. The van der Waals surface area contributed by atoms with Gasteiger partial charge in [-0.1, -0.05) is 44.0 Å². The van der Waals surface area contributed by atoms with Crippen LogP contribution < -0.4 is 0 Å². The van der Waals surface area contributed by atoms with Gasteiger partial charge >= 0.3 is 0 Å². The number of phenolic OH excluding ortho intramolecular Hbond substituents is 2. The van der Waals surface area contributed by atoms with Crippen LogP contribution in [0, 0.1) is 0 Å². The molecule has 0 bridgehead atoms. The maximum Gasteiger partial charge on any atom is 0.115 e. The molecule has 3 nitrogen and oxygen atoms in total. The number of unbranched alkanes of at least 4 members (excludes halogenated alkanes) is 2. The van der Waals surface area contributed by atoms with Gasteiger partial charge in [-0.3, -0.25) is 0 Å². The van der Waals surface area contributed by atoms with Crippen molar-refractivity contribution in [3.8, 4) is 11.5 Å². The molecule has 0 heterocycles. The lowest BCUT2D eigenvalue weighted by Crippen LogP contribution is -2.29. The van der Waals surface area contributed by atoms with E-state index in [-0.39, 0.29) is 0 Å². The van der Waals surface area contributed by atoms with Crippen molar-refractivity contribution in [2.75, 3.05) is 19.6 Å². The zero-order chi connectivity index (χ0) is 17.2. The third-order valence-corrected chi connectivity index (χ3v) is 4.33. The molecule has 2 aromatic rings. The number of nitrogens with zero attached hydrogens (tertiary/aromatic N) is 1. The molecular weight excluding hydrogens is 298 g/mol. The number of aromatic hydroxyl groups is 2. The summed E-state index contributed by atoms with van der Waals surface area (Å²) < 4.78 is 0. The summed E-state index contributed by atoms with van der Waals surface area (Å²) in [4.78, 5) is 2.49. The number of phenols is 2. The van der Waals surface area contributed by atoms with E-state index in [0.29, 0.717) is 11.5 Å². The molecule has 0 fully saturated rings. The van der Waals surface area contributed by atoms with E-state index in [2.05, 4.69) is 24.0 Å². The van der Waals surface area contributed by atoms with Gasteiger partial charge in [0.05, 0.1) is 0 Å². The first-order valence-corrected chi connectivity index (χ1v) is 8.95. The minimum Gasteiger partial charge on any atom is -0.508 e. The van der Waals surface area contributed by atoms with Crippen LogP contribution in [0.3, 0.4) is 0 Å². The van der Waals surface area contributed by atoms with Crippen molar-refractivity contribution in [2.45, 2.75) is 39.0 Å². The predicted octanol–water partition coefficient (Wildman–Crippen LogP) is 4.38. The molecule has 2 N–H and O–H groups in total. The van der Waals surface area contributed by atoms with Crippen molar-refractivity contribution in [2.24, 2.45) is 0 Å². The maximum atomic E-state index is 9.59. The highest BCUT2D eigenvalue weighted by Crippen LogP contribution is 2.14. The summed E-state index contributed by atoms with van der Waals surface area (Å²) in [6.07, 6.45) is 5.60. The van der Waals surface area contributed by atoms with E-state index >= 15 is 0 Å². The van der Waals surface area contributed by atoms with E-state index < -0.39 is 0 Å². The fourth-order valence-corrected chi connectivity index (χ4v) is 2.92. The molecular formula is C21H29NO2. The van der Waals surface area contributed by atoms with E-state index in [1.165, 1.54) is 30.4 Å². The first-order valence-electron chi connectivity index (χ1n) is 8.95. The van der Waals surface area contributed by atoms with Gasteiger partial charge < -0.3 is 15.1 Å². The SMILES string of the molecule is CCCCCN(CCc1cccc(O)c1)CCc1cccc(O)c1. The molecule has 0 radical (unpaired) electrons. The molecule has 2 aromatic carbocycles. The summed E-state index contributed by atoms with van der Waals surface area (Å²) in [5.41, 5.74) is 2.35. The number of hydrogen-bond donors (Lipinski definition) is 2. The van der Waals surface area contributed by atoms with Gasteiger partial charge in [-0.05, 0) is 61.2 Å². The zero-order valence-corrected chi connectivity index (χ0v) is 14.6. The van der Waals surface area contributed by atoms with Crippen molar-refractivity contribution in [3.05, 3.63) is 59.7 Å². The summed E-state index contributed by atoms with van der Waals surface area (Å²) in [6.45, 7) is 5.31. The highest BCUT2D eigenvalue weighted by molar-refractivity contribution is 5.28. The molecule has 0 amide bonds. The van der Waals surface area contributed by atoms with Gasteiger partial charge in [-0.15, -0.1) is 0 Å². The van der Waals surface area contributed by atoms with Gasteiger partial charge in [0.15, 0.2) is 0 Å². The Kier molecular flexibility index (Phi) is 7.63. The number of benzene rings is 2. The Bertz CT molecular complexity index is 563. The van der Waals surface area contributed by atoms with Gasteiger partial charge in [0, 0.05) is 13.1 Å². The molecule has 3 heteroatoms. The molecule has 0 unspecified atom stereocenters. The largest absolute Gasteiger partial charge is 0.508 e. The zero-order valence-electron chi connectivity index (χ0n) is 14.6. The Morgan fingerprint density at radius 3 is 1.75 bits per heavy atom. The molecule has 0 spiro atoms. The van der Waals surface area contributed by atoms with Crippen LogP contribution in [0.2, 0.25) is 0 Å². The molecule has 0 aliphatic heterocycles. The van der Waals surface area contributed by atoms with Crippen molar-refractivity contribution in [1.82, 2.24) is 4.90 Å². The standard InChI is InChI=1S/C21H29NO2/c1-2-3-4-13-22(14-11-18-7-5-9-20(23)16-18)15-12-19-8-6-10-21(24)17-19/h5-10,16-17,23-24H,2-4,11-15H2,1H3. The summed E-state index contributed by atoms with van der Waals surface area (Å²) >= 11 is 0. The van der Waals surface area contributed by atoms with Gasteiger partial charge in [-0.2, -0.15) is 0 Å². The van der Waals surface area contributed by atoms with Crippen LogP contribution in [0.25, 0.3) is 0 Å². The van der Waals surface area contributed by atoms with E-state index in [4.69, 9.17) is 0 Å². The predicted molar refractivity (Wildman–Crippen MR) is 99.6 cm³/mol. The van der Waals surface area contributed by atoms with E-state index in [0.717, 1.165) is 32.5 Å². The Balaban J connectivity index is 1.88. The lowest BCUT2D eigenvalue weighted by molar-refractivity contribution is 0.274. The van der Waals surface area contributed by atoms with Crippen LogP contribution in [0.4, 0.5) is 0 Å². The van der Waals surface area contributed by atoms with Crippen LogP contribution in [-0.4, -0.2) is 34.7 Å². The summed E-state index contributed by atoms with van der Waals surface area (Å²) in [5.74, 6) is 0.676. The quantitative estimate of drug-likeness (QED) is 0.637. The van der Waals surface area contributed by atoms with Crippen LogP contribution in [0.5, 0.6) is 11.5 Å². The molecule has 0 saturated heterocycles. The van der Waals surface area contributed by atoms with E-state index in [1.54, 1.807) is 12.1 Å². The first kappa shape index (κ1) is 18.3. The topological polar surface area (TPSA) is 43.7 Å². The lowest BCUT2D eigenvalue weighted by Gasteiger charge is -2.22. The van der Waals surface area contributed by atoms with Gasteiger partial charge in [0.2, 0.25) is 0 Å². The fourth-order valence-electron chi connectivity index (χ4n) is 2.92.